The van der Waals surface area contributed by atoms with Gasteiger partial charge in [0.2, 0.25) is 0 Å². The molecule has 128 valence electrons. The third kappa shape index (κ3) is 3.98. The van der Waals surface area contributed by atoms with Gasteiger partial charge < -0.3 is 0 Å². The summed E-state index contributed by atoms with van der Waals surface area (Å²) in [5, 5.41) is 0. The smallest absolute Gasteiger partial charge is 0.0146 e. The Labute approximate surface area is 140 Å². The summed E-state index contributed by atoms with van der Waals surface area (Å²) in [6.07, 6.45) is 15.3. The SMILES string of the molecule is CC/C=C1\CCC[C@]2(C)[C@@H]([C@H](C)CCCC(C)(C)C)CC[C@@H]12. The van der Waals surface area contributed by atoms with E-state index in [9.17, 15) is 0 Å². The van der Waals surface area contributed by atoms with E-state index in [1.54, 1.807) is 0 Å². The second-order valence-electron chi connectivity index (χ2n) is 9.71. The molecule has 0 aromatic rings. The molecule has 0 aromatic carbocycles. The molecule has 22 heavy (non-hydrogen) atoms. The zero-order valence-electron chi connectivity index (χ0n) is 16.2. The molecule has 2 fully saturated rings. The summed E-state index contributed by atoms with van der Waals surface area (Å²) in [4.78, 5) is 0. The summed E-state index contributed by atoms with van der Waals surface area (Å²) in [5.74, 6) is 2.80. The summed E-state index contributed by atoms with van der Waals surface area (Å²) < 4.78 is 0. The molecule has 4 atom stereocenters. The predicted molar refractivity (Wildman–Crippen MR) is 99.0 cm³/mol. The number of hydrogen-bond acceptors (Lipinski definition) is 0. The topological polar surface area (TPSA) is 0 Å². The Kier molecular flexibility index (Phi) is 5.84. The van der Waals surface area contributed by atoms with Gasteiger partial charge in [-0.1, -0.05) is 66.0 Å². The van der Waals surface area contributed by atoms with E-state index in [1.165, 1.54) is 57.8 Å². The molecule has 0 heterocycles. The molecule has 2 saturated carbocycles. The van der Waals surface area contributed by atoms with E-state index in [4.69, 9.17) is 0 Å². The van der Waals surface area contributed by atoms with Crippen molar-refractivity contribution in [2.75, 3.05) is 0 Å². The summed E-state index contributed by atoms with van der Waals surface area (Å²) in [6, 6.07) is 0. The van der Waals surface area contributed by atoms with Gasteiger partial charge in [-0.25, -0.2) is 0 Å². The van der Waals surface area contributed by atoms with E-state index in [1.807, 2.05) is 5.57 Å². The normalized spacial score (nSPS) is 35.6. The van der Waals surface area contributed by atoms with Gasteiger partial charge in [-0.3, -0.25) is 0 Å². The first kappa shape index (κ1) is 18.1. The Bertz CT molecular complexity index is 383. The van der Waals surface area contributed by atoms with Crippen LogP contribution in [0.5, 0.6) is 0 Å². The Morgan fingerprint density at radius 1 is 1.27 bits per heavy atom. The third-order valence-electron chi connectivity index (χ3n) is 6.78. The molecule has 0 nitrogen and oxygen atoms in total. The summed E-state index contributed by atoms with van der Waals surface area (Å²) in [6.45, 7) is 14.6. The lowest BCUT2D eigenvalue weighted by molar-refractivity contribution is 0.0918. The summed E-state index contributed by atoms with van der Waals surface area (Å²) >= 11 is 0. The van der Waals surface area contributed by atoms with Crippen molar-refractivity contribution in [2.24, 2.45) is 28.6 Å². The fraction of sp³-hybridized carbons (Fsp3) is 0.909. The van der Waals surface area contributed by atoms with Gasteiger partial charge in [0.15, 0.2) is 0 Å². The van der Waals surface area contributed by atoms with E-state index < -0.39 is 0 Å². The molecule has 0 bridgehead atoms. The maximum Gasteiger partial charge on any atom is -0.0146 e. The van der Waals surface area contributed by atoms with Crippen LogP contribution in [0.4, 0.5) is 0 Å². The van der Waals surface area contributed by atoms with Crippen molar-refractivity contribution in [3.05, 3.63) is 11.6 Å². The Hall–Kier alpha value is -0.260. The molecule has 2 rings (SSSR count). The summed E-state index contributed by atoms with van der Waals surface area (Å²) in [5.41, 5.74) is 2.94. The Morgan fingerprint density at radius 2 is 2.00 bits per heavy atom. The lowest BCUT2D eigenvalue weighted by Crippen LogP contribution is -2.36. The van der Waals surface area contributed by atoms with E-state index in [0.717, 1.165) is 17.8 Å². The Morgan fingerprint density at radius 3 is 2.64 bits per heavy atom. The standard InChI is InChI=1S/C22H40/c1-7-10-18-12-9-16-22(6)19(13-14-20(18)22)17(2)11-8-15-21(3,4)5/h10,17,19-20H,7-9,11-16H2,1-6H3/b18-10+/t17-,19-,20+,22-/m1/s1. The van der Waals surface area contributed by atoms with E-state index >= 15 is 0 Å². The fourth-order valence-corrected chi connectivity index (χ4v) is 5.68. The zero-order chi connectivity index (χ0) is 16.4. The minimum atomic E-state index is 0.504. The van der Waals surface area contributed by atoms with Crippen LogP contribution in [0.1, 0.15) is 99.3 Å². The second kappa shape index (κ2) is 7.10. The molecule has 0 heteroatoms. The third-order valence-corrected chi connectivity index (χ3v) is 6.78. The molecular formula is C22H40. The van der Waals surface area contributed by atoms with E-state index in [-0.39, 0.29) is 0 Å². The maximum absolute atomic E-state index is 2.64. The van der Waals surface area contributed by atoms with E-state index in [0.29, 0.717) is 10.8 Å². The first-order chi connectivity index (χ1) is 10.3. The average Bonchev–Trinajstić information content (AvgIpc) is 2.75. The lowest BCUT2D eigenvalue weighted by atomic mass is 9.60. The molecule has 2 aliphatic carbocycles. The molecule has 0 aromatic heterocycles. The Balaban J connectivity index is 1.99. The monoisotopic (exact) mass is 304 g/mol. The molecule has 0 N–H and O–H groups in total. The van der Waals surface area contributed by atoms with Gasteiger partial charge in [0.25, 0.3) is 0 Å². The highest BCUT2D eigenvalue weighted by Gasteiger charge is 2.50. The first-order valence-corrected chi connectivity index (χ1v) is 9.97. The van der Waals surface area contributed by atoms with Crippen molar-refractivity contribution in [1.82, 2.24) is 0 Å². The number of allylic oxidation sites excluding steroid dienone is 2. The largest absolute Gasteiger partial charge is 0.0853 e. The van der Waals surface area contributed by atoms with Crippen molar-refractivity contribution in [1.29, 1.82) is 0 Å². The van der Waals surface area contributed by atoms with Crippen LogP contribution in [0.3, 0.4) is 0 Å². The fourth-order valence-electron chi connectivity index (χ4n) is 5.68. The zero-order valence-corrected chi connectivity index (χ0v) is 16.2. The van der Waals surface area contributed by atoms with Crippen LogP contribution in [0.2, 0.25) is 0 Å². The number of rotatable bonds is 5. The molecule has 0 amide bonds. The van der Waals surface area contributed by atoms with Gasteiger partial charge in [-0.2, -0.15) is 0 Å². The van der Waals surface area contributed by atoms with Crippen molar-refractivity contribution < 1.29 is 0 Å². The van der Waals surface area contributed by atoms with Crippen LogP contribution < -0.4 is 0 Å². The molecule has 0 aliphatic heterocycles. The quantitative estimate of drug-likeness (QED) is 0.464. The minimum absolute atomic E-state index is 0.504. The highest BCUT2D eigenvalue weighted by Crippen LogP contribution is 2.59. The van der Waals surface area contributed by atoms with Gasteiger partial charge >= 0.3 is 0 Å². The molecule has 2 aliphatic rings. The molecule has 0 saturated heterocycles. The average molecular weight is 305 g/mol. The van der Waals surface area contributed by atoms with Crippen LogP contribution in [-0.4, -0.2) is 0 Å². The van der Waals surface area contributed by atoms with Crippen LogP contribution in [0.25, 0.3) is 0 Å². The van der Waals surface area contributed by atoms with Crippen LogP contribution in [0.15, 0.2) is 11.6 Å². The lowest BCUT2D eigenvalue weighted by Gasteiger charge is -2.44. The number of fused-ring (bicyclic) bond motifs is 1. The molecular weight excluding hydrogens is 264 g/mol. The van der Waals surface area contributed by atoms with Crippen molar-refractivity contribution >= 4 is 0 Å². The summed E-state index contributed by atoms with van der Waals surface area (Å²) in [7, 11) is 0. The van der Waals surface area contributed by atoms with Crippen LogP contribution >= 0.6 is 0 Å². The van der Waals surface area contributed by atoms with Gasteiger partial charge in [0.05, 0.1) is 0 Å². The highest BCUT2D eigenvalue weighted by atomic mass is 14.5. The molecule has 0 spiro atoms. The van der Waals surface area contributed by atoms with Crippen molar-refractivity contribution in [2.45, 2.75) is 99.3 Å². The van der Waals surface area contributed by atoms with Gasteiger partial charge in [0, 0.05) is 0 Å². The van der Waals surface area contributed by atoms with Crippen molar-refractivity contribution in [3.63, 3.8) is 0 Å². The second-order valence-corrected chi connectivity index (χ2v) is 9.71. The van der Waals surface area contributed by atoms with Crippen LogP contribution in [-0.2, 0) is 0 Å². The minimum Gasteiger partial charge on any atom is -0.0853 e. The van der Waals surface area contributed by atoms with Gasteiger partial charge in [-0.15, -0.1) is 0 Å². The molecule has 0 unspecified atom stereocenters. The van der Waals surface area contributed by atoms with Gasteiger partial charge in [0.1, 0.15) is 0 Å². The first-order valence-electron chi connectivity index (χ1n) is 9.97. The van der Waals surface area contributed by atoms with Crippen LogP contribution in [0, 0.1) is 28.6 Å². The van der Waals surface area contributed by atoms with Gasteiger partial charge in [-0.05, 0) is 73.5 Å². The maximum atomic E-state index is 2.64. The highest BCUT2D eigenvalue weighted by molar-refractivity contribution is 5.18. The molecule has 0 radical (unpaired) electrons. The predicted octanol–water partition coefficient (Wildman–Crippen LogP) is 7.39. The van der Waals surface area contributed by atoms with Crippen molar-refractivity contribution in [3.8, 4) is 0 Å². The van der Waals surface area contributed by atoms with E-state index in [2.05, 4.69) is 47.6 Å². The number of hydrogen-bond donors (Lipinski definition) is 0.